The van der Waals surface area contributed by atoms with Crippen LogP contribution in [0.5, 0.6) is 5.75 Å². The number of rotatable bonds is 5. The molecular weight excluding hydrogens is 296 g/mol. The maximum atomic E-state index is 13.7. The van der Waals surface area contributed by atoms with Crippen molar-refractivity contribution in [3.05, 3.63) is 64.2 Å². The molecule has 0 aliphatic rings. The van der Waals surface area contributed by atoms with Crippen molar-refractivity contribution in [1.29, 1.82) is 0 Å². The highest BCUT2D eigenvalue weighted by atomic mass is 35.5. The van der Waals surface area contributed by atoms with Gasteiger partial charge in [0.15, 0.2) is 0 Å². The van der Waals surface area contributed by atoms with Gasteiger partial charge in [0.25, 0.3) is 0 Å². The Labute approximate surface area is 127 Å². The molecule has 2 rings (SSSR count). The summed E-state index contributed by atoms with van der Waals surface area (Å²) >= 11 is 5.95. The number of hydrogen-bond donors (Lipinski definition) is 1. The summed E-state index contributed by atoms with van der Waals surface area (Å²) in [7, 11) is 0. The Morgan fingerprint density at radius 3 is 2.67 bits per heavy atom. The molecular formula is C16H16ClF2NO. The SMILES string of the molecule is CC(N)Cc1cc(F)ccc1OCc1c(F)cccc1Cl. The summed E-state index contributed by atoms with van der Waals surface area (Å²) in [4.78, 5) is 0. The van der Waals surface area contributed by atoms with Crippen molar-refractivity contribution in [3.63, 3.8) is 0 Å². The van der Waals surface area contributed by atoms with Crippen molar-refractivity contribution in [2.45, 2.75) is 26.0 Å². The van der Waals surface area contributed by atoms with Crippen molar-refractivity contribution in [1.82, 2.24) is 0 Å². The lowest BCUT2D eigenvalue weighted by atomic mass is 10.1. The third kappa shape index (κ3) is 4.16. The molecule has 0 bridgehead atoms. The first-order valence-corrected chi connectivity index (χ1v) is 6.95. The van der Waals surface area contributed by atoms with Crippen LogP contribution in [0.2, 0.25) is 5.02 Å². The molecule has 0 spiro atoms. The molecule has 2 aromatic carbocycles. The Hall–Kier alpha value is -1.65. The summed E-state index contributed by atoms with van der Waals surface area (Å²) in [6.07, 6.45) is 0.470. The highest BCUT2D eigenvalue weighted by Crippen LogP contribution is 2.25. The molecule has 0 saturated carbocycles. The maximum Gasteiger partial charge on any atom is 0.131 e. The summed E-state index contributed by atoms with van der Waals surface area (Å²) in [5, 5.41) is 0.297. The van der Waals surface area contributed by atoms with E-state index in [0.29, 0.717) is 22.8 Å². The number of halogens is 3. The van der Waals surface area contributed by atoms with Gasteiger partial charge in [0.2, 0.25) is 0 Å². The van der Waals surface area contributed by atoms with Gasteiger partial charge >= 0.3 is 0 Å². The van der Waals surface area contributed by atoms with E-state index in [2.05, 4.69) is 0 Å². The van der Waals surface area contributed by atoms with Gasteiger partial charge in [0.1, 0.15) is 24.0 Å². The Balaban J connectivity index is 2.20. The van der Waals surface area contributed by atoms with E-state index in [1.165, 1.54) is 30.3 Å². The van der Waals surface area contributed by atoms with E-state index >= 15 is 0 Å². The van der Waals surface area contributed by atoms with Crippen molar-refractivity contribution >= 4 is 11.6 Å². The van der Waals surface area contributed by atoms with Gasteiger partial charge in [-0.25, -0.2) is 8.78 Å². The van der Waals surface area contributed by atoms with Crippen molar-refractivity contribution in [2.24, 2.45) is 5.73 Å². The lowest BCUT2D eigenvalue weighted by Crippen LogP contribution is -2.18. The minimum absolute atomic E-state index is 0.0247. The molecule has 0 amide bonds. The highest BCUT2D eigenvalue weighted by molar-refractivity contribution is 6.31. The lowest BCUT2D eigenvalue weighted by Gasteiger charge is -2.14. The number of nitrogens with two attached hydrogens (primary N) is 1. The van der Waals surface area contributed by atoms with Gasteiger partial charge in [-0.3, -0.25) is 0 Å². The normalized spacial score (nSPS) is 12.2. The largest absolute Gasteiger partial charge is 0.488 e. The van der Waals surface area contributed by atoms with Gasteiger partial charge in [-0.2, -0.15) is 0 Å². The molecule has 0 aliphatic carbocycles. The van der Waals surface area contributed by atoms with Crippen LogP contribution in [0.3, 0.4) is 0 Å². The molecule has 1 atom stereocenters. The first-order valence-electron chi connectivity index (χ1n) is 6.57. The van der Waals surface area contributed by atoms with Crippen molar-refractivity contribution in [3.8, 4) is 5.75 Å². The van der Waals surface area contributed by atoms with Crippen molar-refractivity contribution in [2.75, 3.05) is 0 Å². The zero-order chi connectivity index (χ0) is 15.4. The van der Waals surface area contributed by atoms with Crippen LogP contribution in [0.4, 0.5) is 8.78 Å². The van der Waals surface area contributed by atoms with E-state index in [4.69, 9.17) is 22.1 Å². The average Bonchev–Trinajstić information content (AvgIpc) is 2.39. The third-order valence-corrected chi connectivity index (χ3v) is 3.35. The summed E-state index contributed by atoms with van der Waals surface area (Å²) in [5.74, 6) is -0.312. The van der Waals surface area contributed by atoms with Gasteiger partial charge in [-0.1, -0.05) is 17.7 Å². The molecule has 2 nitrogen and oxygen atoms in total. The van der Waals surface area contributed by atoms with Crippen LogP contribution in [-0.4, -0.2) is 6.04 Å². The maximum absolute atomic E-state index is 13.7. The van der Waals surface area contributed by atoms with E-state index in [9.17, 15) is 8.78 Å². The second kappa shape index (κ2) is 6.87. The smallest absolute Gasteiger partial charge is 0.131 e. The molecule has 0 heterocycles. The lowest BCUT2D eigenvalue weighted by molar-refractivity contribution is 0.295. The quantitative estimate of drug-likeness (QED) is 0.902. The van der Waals surface area contributed by atoms with E-state index in [1.54, 1.807) is 6.07 Å². The standard InChI is InChI=1S/C16H16ClF2NO/c1-10(20)7-11-8-12(18)5-6-16(11)21-9-13-14(17)3-2-4-15(13)19/h2-6,8,10H,7,9,20H2,1H3. The molecule has 5 heteroatoms. The van der Waals surface area contributed by atoms with E-state index in [1.807, 2.05) is 6.92 Å². The van der Waals surface area contributed by atoms with Crippen LogP contribution in [0.15, 0.2) is 36.4 Å². The van der Waals surface area contributed by atoms with Crippen LogP contribution in [0, 0.1) is 11.6 Å². The van der Waals surface area contributed by atoms with Crippen LogP contribution in [0.1, 0.15) is 18.1 Å². The molecule has 21 heavy (non-hydrogen) atoms. The fourth-order valence-corrected chi connectivity index (χ4v) is 2.23. The Morgan fingerprint density at radius 1 is 1.24 bits per heavy atom. The molecule has 0 aromatic heterocycles. The van der Waals surface area contributed by atoms with Gasteiger partial charge in [0.05, 0.1) is 5.02 Å². The molecule has 2 N–H and O–H groups in total. The third-order valence-electron chi connectivity index (χ3n) is 3.00. The van der Waals surface area contributed by atoms with Crippen LogP contribution in [-0.2, 0) is 13.0 Å². The minimum Gasteiger partial charge on any atom is -0.488 e. The van der Waals surface area contributed by atoms with Gasteiger partial charge in [-0.15, -0.1) is 0 Å². The Morgan fingerprint density at radius 2 is 2.00 bits per heavy atom. The molecule has 2 aromatic rings. The molecule has 1 unspecified atom stereocenters. The highest BCUT2D eigenvalue weighted by Gasteiger charge is 2.11. The fourth-order valence-electron chi connectivity index (χ4n) is 2.02. The molecule has 0 radical (unpaired) electrons. The minimum atomic E-state index is -0.432. The van der Waals surface area contributed by atoms with Gasteiger partial charge in [0, 0.05) is 11.6 Å². The van der Waals surface area contributed by atoms with E-state index in [-0.39, 0.29) is 24.0 Å². The predicted molar refractivity (Wildman–Crippen MR) is 79.5 cm³/mol. The zero-order valence-corrected chi connectivity index (χ0v) is 12.3. The summed E-state index contributed by atoms with van der Waals surface area (Å²) in [6, 6.07) is 8.49. The topological polar surface area (TPSA) is 35.2 Å². The summed E-state index contributed by atoms with van der Waals surface area (Å²) in [6.45, 7) is 1.80. The van der Waals surface area contributed by atoms with Crippen LogP contribution in [0.25, 0.3) is 0 Å². The number of hydrogen-bond acceptors (Lipinski definition) is 2. The predicted octanol–water partition coefficient (Wildman–Crippen LogP) is 4.09. The summed E-state index contributed by atoms with van der Waals surface area (Å²) in [5.41, 5.74) is 6.66. The molecule has 0 aliphatic heterocycles. The molecule has 0 saturated heterocycles. The number of benzene rings is 2. The first-order chi connectivity index (χ1) is 9.97. The molecule has 0 fully saturated rings. The zero-order valence-electron chi connectivity index (χ0n) is 11.6. The van der Waals surface area contributed by atoms with Gasteiger partial charge in [-0.05, 0) is 49.2 Å². The van der Waals surface area contributed by atoms with E-state index in [0.717, 1.165) is 0 Å². The Kier molecular flexibility index (Phi) is 5.15. The Bertz CT molecular complexity index is 611. The van der Waals surface area contributed by atoms with Crippen molar-refractivity contribution < 1.29 is 13.5 Å². The van der Waals surface area contributed by atoms with Crippen LogP contribution < -0.4 is 10.5 Å². The second-order valence-corrected chi connectivity index (χ2v) is 5.33. The summed E-state index contributed by atoms with van der Waals surface area (Å²) < 4.78 is 32.6. The fraction of sp³-hybridized carbons (Fsp3) is 0.250. The van der Waals surface area contributed by atoms with Crippen LogP contribution >= 0.6 is 11.6 Å². The number of ether oxygens (including phenoxy) is 1. The van der Waals surface area contributed by atoms with Gasteiger partial charge < -0.3 is 10.5 Å². The first kappa shape index (κ1) is 15.7. The molecule has 112 valence electrons. The monoisotopic (exact) mass is 311 g/mol. The van der Waals surface area contributed by atoms with E-state index < -0.39 is 5.82 Å². The second-order valence-electron chi connectivity index (χ2n) is 4.92. The average molecular weight is 312 g/mol.